The Morgan fingerprint density at radius 2 is 1.29 bits per heavy atom. The highest BCUT2D eigenvalue weighted by Crippen LogP contribution is 2.21. The minimum Gasteiger partial charge on any atom is -0.497 e. The Morgan fingerprint density at radius 3 is 1.77 bits per heavy atom. The number of benzene rings is 3. The van der Waals surface area contributed by atoms with Crippen molar-refractivity contribution < 1.29 is 19.0 Å². The van der Waals surface area contributed by atoms with Gasteiger partial charge in [0.15, 0.2) is 6.61 Å². The van der Waals surface area contributed by atoms with Crippen LogP contribution in [0.3, 0.4) is 0 Å². The summed E-state index contributed by atoms with van der Waals surface area (Å²) in [7, 11) is 3.28. The molecule has 0 radical (unpaired) electrons. The zero-order valence-corrected chi connectivity index (χ0v) is 18.6. The Balaban J connectivity index is 1.75. The first kappa shape index (κ1) is 22.2. The summed E-state index contributed by atoms with van der Waals surface area (Å²) >= 11 is 0. The number of hydrogen-bond acceptors (Lipinski definition) is 4. The Kier molecular flexibility index (Phi) is 7.55. The lowest BCUT2D eigenvalue weighted by Crippen LogP contribution is -2.34. The summed E-state index contributed by atoms with van der Waals surface area (Å²) in [5, 5.41) is 0. The molecule has 0 heterocycles. The van der Waals surface area contributed by atoms with Gasteiger partial charge < -0.3 is 19.1 Å². The van der Waals surface area contributed by atoms with Crippen LogP contribution >= 0.6 is 0 Å². The van der Waals surface area contributed by atoms with Crippen LogP contribution in [0.1, 0.15) is 22.3 Å². The van der Waals surface area contributed by atoms with E-state index >= 15 is 0 Å². The molecule has 162 valence electrons. The lowest BCUT2D eigenvalue weighted by atomic mass is 10.1. The maximum absolute atomic E-state index is 13.1. The number of nitrogens with zero attached hydrogens (tertiary/aromatic N) is 1. The van der Waals surface area contributed by atoms with E-state index in [1.165, 1.54) is 0 Å². The third kappa shape index (κ3) is 6.01. The van der Waals surface area contributed by atoms with Crippen LogP contribution in [0, 0.1) is 13.8 Å². The predicted molar refractivity (Wildman–Crippen MR) is 122 cm³/mol. The van der Waals surface area contributed by atoms with Gasteiger partial charge in [0.1, 0.15) is 17.2 Å². The minimum atomic E-state index is -0.0763. The van der Waals surface area contributed by atoms with Gasteiger partial charge in [-0.25, -0.2) is 0 Å². The van der Waals surface area contributed by atoms with Crippen molar-refractivity contribution in [1.29, 1.82) is 0 Å². The second-order valence-corrected chi connectivity index (χ2v) is 7.43. The van der Waals surface area contributed by atoms with Crippen molar-refractivity contribution in [2.24, 2.45) is 0 Å². The zero-order valence-electron chi connectivity index (χ0n) is 18.6. The van der Waals surface area contributed by atoms with Crippen LogP contribution in [0.2, 0.25) is 0 Å². The van der Waals surface area contributed by atoms with Crippen molar-refractivity contribution in [2.45, 2.75) is 26.9 Å². The molecule has 0 saturated heterocycles. The molecule has 0 atom stereocenters. The number of carbonyl (C=O) groups excluding carboxylic acids is 1. The van der Waals surface area contributed by atoms with E-state index in [1.54, 1.807) is 19.1 Å². The van der Waals surface area contributed by atoms with E-state index in [0.29, 0.717) is 13.1 Å². The van der Waals surface area contributed by atoms with Crippen LogP contribution in [-0.4, -0.2) is 31.6 Å². The smallest absolute Gasteiger partial charge is 0.261 e. The summed E-state index contributed by atoms with van der Waals surface area (Å²) < 4.78 is 16.3. The van der Waals surface area contributed by atoms with Crippen LogP contribution in [-0.2, 0) is 17.9 Å². The Labute approximate surface area is 184 Å². The molecule has 5 nitrogen and oxygen atoms in total. The molecule has 0 aliphatic carbocycles. The van der Waals surface area contributed by atoms with Gasteiger partial charge in [-0.2, -0.15) is 0 Å². The van der Waals surface area contributed by atoms with Gasteiger partial charge in [0, 0.05) is 13.1 Å². The average Bonchev–Trinajstić information content (AvgIpc) is 2.80. The molecule has 0 spiro atoms. The van der Waals surface area contributed by atoms with Crippen LogP contribution in [0.4, 0.5) is 0 Å². The largest absolute Gasteiger partial charge is 0.497 e. The molecule has 31 heavy (non-hydrogen) atoms. The van der Waals surface area contributed by atoms with Gasteiger partial charge >= 0.3 is 0 Å². The van der Waals surface area contributed by atoms with E-state index in [1.807, 2.05) is 80.6 Å². The SMILES string of the molecule is COc1ccc(CN(Cc2ccc(OC)cc2)C(=O)COc2cccc(C)c2C)cc1. The molecule has 0 unspecified atom stereocenters. The monoisotopic (exact) mass is 419 g/mol. The number of aryl methyl sites for hydroxylation is 1. The first-order chi connectivity index (χ1) is 15.0. The third-order valence-corrected chi connectivity index (χ3v) is 5.32. The van der Waals surface area contributed by atoms with Crippen LogP contribution < -0.4 is 14.2 Å². The Morgan fingerprint density at radius 1 is 0.774 bits per heavy atom. The highest BCUT2D eigenvalue weighted by molar-refractivity contribution is 5.78. The van der Waals surface area contributed by atoms with E-state index in [4.69, 9.17) is 14.2 Å². The predicted octanol–water partition coefficient (Wildman–Crippen LogP) is 4.93. The van der Waals surface area contributed by atoms with E-state index in [0.717, 1.165) is 39.5 Å². The fourth-order valence-corrected chi connectivity index (χ4v) is 3.25. The quantitative estimate of drug-likeness (QED) is 0.494. The molecule has 3 rings (SSSR count). The second-order valence-electron chi connectivity index (χ2n) is 7.43. The minimum absolute atomic E-state index is 0.0173. The van der Waals surface area contributed by atoms with Gasteiger partial charge in [-0.3, -0.25) is 4.79 Å². The molecule has 0 fully saturated rings. The Bertz CT molecular complexity index is 947. The molecule has 0 aliphatic heterocycles. The topological polar surface area (TPSA) is 48.0 Å². The first-order valence-corrected chi connectivity index (χ1v) is 10.2. The molecule has 3 aromatic rings. The van der Waals surface area contributed by atoms with Crippen molar-refractivity contribution in [1.82, 2.24) is 4.90 Å². The highest BCUT2D eigenvalue weighted by Gasteiger charge is 2.16. The molecule has 0 N–H and O–H groups in total. The molecule has 1 amide bonds. The van der Waals surface area contributed by atoms with E-state index in [-0.39, 0.29) is 12.5 Å². The summed E-state index contributed by atoms with van der Waals surface area (Å²) in [6.07, 6.45) is 0. The maximum Gasteiger partial charge on any atom is 0.261 e. The normalized spacial score (nSPS) is 10.5. The lowest BCUT2D eigenvalue weighted by molar-refractivity contribution is -0.134. The third-order valence-electron chi connectivity index (χ3n) is 5.32. The van der Waals surface area contributed by atoms with E-state index in [2.05, 4.69) is 0 Å². The fourth-order valence-electron chi connectivity index (χ4n) is 3.25. The van der Waals surface area contributed by atoms with Gasteiger partial charge in [0.2, 0.25) is 0 Å². The standard InChI is InChI=1S/C26H29NO4/c1-19-6-5-7-25(20(19)2)31-18-26(28)27(16-21-8-12-23(29-3)13-9-21)17-22-10-14-24(30-4)15-11-22/h5-15H,16-18H2,1-4H3. The van der Waals surface area contributed by atoms with Crippen molar-refractivity contribution in [3.8, 4) is 17.2 Å². The maximum atomic E-state index is 13.1. The lowest BCUT2D eigenvalue weighted by Gasteiger charge is -2.24. The fraction of sp³-hybridized carbons (Fsp3) is 0.269. The summed E-state index contributed by atoms with van der Waals surface area (Å²) in [4.78, 5) is 14.9. The summed E-state index contributed by atoms with van der Waals surface area (Å²) in [6.45, 7) is 4.97. The molecule has 3 aromatic carbocycles. The number of rotatable bonds is 9. The summed E-state index contributed by atoms with van der Waals surface area (Å²) in [6, 6.07) is 21.4. The van der Waals surface area contributed by atoms with Gasteiger partial charge in [-0.15, -0.1) is 0 Å². The number of methoxy groups -OCH3 is 2. The average molecular weight is 420 g/mol. The van der Waals surface area contributed by atoms with Crippen LogP contribution in [0.15, 0.2) is 66.7 Å². The number of ether oxygens (including phenoxy) is 3. The van der Waals surface area contributed by atoms with Gasteiger partial charge in [0.25, 0.3) is 5.91 Å². The van der Waals surface area contributed by atoms with Gasteiger partial charge in [-0.05, 0) is 66.4 Å². The molecule has 0 aliphatic rings. The molecule has 5 heteroatoms. The van der Waals surface area contributed by atoms with Crippen molar-refractivity contribution in [2.75, 3.05) is 20.8 Å². The molecule has 0 bridgehead atoms. The molecule has 0 saturated carbocycles. The molecular formula is C26H29NO4. The molecule has 0 aromatic heterocycles. The van der Waals surface area contributed by atoms with Crippen molar-refractivity contribution in [3.05, 3.63) is 89.0 Å². The highest BCUT2D eigenvalue weighted by atomic mass is 16.5. The number of carbonyl (C=O) groups is 1. The Hall–Kier alpha value is -3.47. The second kappa shape index (κ2) is 10.5. The van der Waals surface area contributed by atoms with Crippen molar-refractivity contribution >= 4 is 5.91 Å². The van der Waals surface area contributed by atoms with Crippen molar-refractivity contribution in [3.63, 3.8) is 0 Å². The first-order valence-electron chi connectivity index (χ1n) is 10.2. The van der Waals surface area contributed by atoms with E-state index < -0.39 is 0 Å². The number of hydrogen-bond donors (Lipinski definition) is 0. The summed E-state index contributed by atoms with van der Waals surface area (Å²) in [5.74, 6) is 2.24. The van der Waals surface area contributed by atoms with Gasteiger partial charge in [-0.1, -0.05) is 36.4 Å². The molecular weight excluding hydrogens is 390 g/mol. The van der Waals surface area contributed by atoms with E-state index in [9.17, 15) is 4.79 Å². The van der Waals surface area contributed by atoms with Crippen LogP contribution in [0.5, 0.6) is 17.2 Å². The zero-order chi connectivity index (χ0) is 22.2. The van der Waals surface area contributed by atoms with Crippen LogP contribution in [0.25, 0.3) is 0 Å². The number of amides is 1. The van der Waals surface area contributed by atoms with Gasteiger partial charge in [0.05, 0.1) is 14.2 Å². The summed E-state index contributed by atoms with van der Waals surface area (Å²) in [5.41, 5.74) is 4.23.